The third kappa shape index (κ3) is 2.52. The van der Waals surface area contributed by atoms with Crippen LogP contribution in [0.5, 0.6) is 0 Å². The molecular weight excluding hydrogens is 224 g/mol. The fourth-order valence-corrected chi connectivity index (χ4v) is 2.43. The average Bonchev–Trinajstić information content (AvgIpc) is 2.87. The van der Waals surface area contributed by atoms with Gasteiger partial charge in [-0.05, 0) is 26.2 Å². The van der Waals surface area contributed by atoms with Crippen LogP contribution in [0, 0.1) is 0 Å². The van der Waals surface area contributed by atoms with Crippen LogP contribution in [0.3, 0.4) is 0 Å². The normalized spacial score (nSPS) is 32.8. The molecule has 6 heteroatoms. The van der Waals surface area contributed by atoms with E-state index < -0.39 is 12.0 Å². The monoisotopic (exact) mass is 242 g/mol. The summed E-state index contributed by atoms with van der Waals surface area (Å²) in [5.74, 6) is -0.923. The number of aliphatic carboxylic acids is 1. The summed E-state index contributed by atoms with van der Waals surface area (Å²) in [6, 6.07) is -0.956. The van der Waals surface area contributed by atoms with Crippen LogP contribution in [-0.4, -0.2) is 53.3 Å². The molecule has 17 heavy (non-hydrogen) atoms. The average molecular weight is 242 g/mol. The molecule has 0 aromatic rings. The Bertz CT molecular complexity index is 321. The number of carbonyl (C=O) groups excluding carboxylic acids is 1. The van der Waals surface area contributed by atoms with E-state index in [0.717, 1.165) is 12.8 Å². The Kier molecular flexibility index (Phi) is 3.51. The van der Waals surface area contributed by atoms with E-state index in [9.17, 15) is 9.59 Å². The summed E-state index contributed by atoms with van der Waals surface area (Å²) in [4.78, 5) is 24.3. The molecule has 3 atom stereocenters. The lowest BCUT2D eigenvalue weighted by molar-refractivity contribution is -0.141. The van der Waals surface area contributed by atoms with Crippen molar-refractivity contribution in [2.24, 2.45) is 0 Å². The van der Waals surface area contributed by atoms with Crippen molar-refractivity contribution in [3.8, 4) is 0 Å². The third-order valence-corrected chi connectivity index (χ3v) is 3.48. The topological polar surface area (TPSA) is 78.9 Å². The number of amides is 2. The predicted molar refractivity (Wildman–Crippen MR) is 59.7 cm³/mol. The first-order chi connectivity index (χ1) is 8.09. The second-order valence-corrected chi connectivity index (χ2v) is 4.61. The fraction of sp³-hybridized carbons (Fsp3) is 0.818. The molecule has 0 spiro atoms. The van der Waals surface area contributed by atoms with Gasteiger partial charge in [0.1, 0.15) is 6.04 Å². The van der Waals surface area contributed by atoms with Gasteiger partial charge in [-0.15, -0.1) is 0 Å². The van der Waals surface area contributed by atoms with Gasteiger partial charge in [0.05, 0.1) is 12.1 Å². The summed E-state index contributed by atoms with van der Waals surface area (Å²) < 4.78 is 5.35. The van der Waals surface area contributed by atoms with E-state index in [2.05, 4.69) is 5.32 Å². The number of carboxylic acid groups (broad SMARTS) is 1. The molecule has 2 amide bonds. The SMILES string of the molecule is CC1OCCC1NC(=O)N1CCCC1C(=O)O. The van der Waals surface area contributed by atoms with Crippen LogP contribution in [0.15, 0.2) is 0 Å². The summed E-state index contributed by atoms with van der Waals surface area (Å²) in [5.41, 5.74) is 0. The molecule has 2 rings (SSSR count). The van der Waals surface area contributed by atoms with Crippen molar-refractivity contribution in [2.45, 2.75) is 44.4 Å². The molecule has 2 fully saturated rings. The van der Waals surface area contributed by atoms with Crippen molar-refractivity contribution in [3.05, 3.63) is 0 Å². The number of nitrogens with one attached hydrogen (secondary N) is 1. The Morgan fingerprint density at radius 1 is 1.41 bits per heavy atom. The molecule has 0 aromatic heterocycles. The molecule has 2 aliphatic heterocycles. The van der Waals surface area contributed by atoms with E-state index in [-0.39, 0.29) is 18.2 Å². The van der Waals surface area contributed by atoms with Crippen LogP contribution in [0.1, 0.15) is 26.2 Å². The van der Waals surface area contributed by atoms with E-state index in [4.69, 9.17) is 9.84 Å². The molecule has 2 saturated heterocycles. The van der Waals surface area contributed by atoms with Crippen LogP contribution >= 0.6 is 0 Å². The molecule has 0 bridgehead atoms. The van der Waals surface area contributed by atoms with Gasteiger partial charge in [-0.3, -0.25) is 0 Å². The Morgan fingerprint density at radius 2 is 2.18 bits per heavy atom. The maximum Gasteiger partial charge on any atom is 0.326 e. The lowest BCUT2D eigenvalue weighted by Gasteiger charge is -2.25. The first-order valence-electron chi connectivity index (χ1n) is 6.01. The van der Waals surface area contributed by atoms with Crippen LogP contribution in [0.4, 0.5) is 4.79 Å². The Labute approximate surface area is 99.9 Å². The molecule has 2 aliphatic rings. The first kappa shape index (κ1) is 12.2. The van der Waals surface area contributed by atoms with Gasteiger partial charge < -0.3 is 20.1 Å². The molecule has 0 saturated carbocycles. The van der Waals surface area contributed by atoms with Crippen molar-refractivity contribution in [1.29, 1.82) is 0 Å². The van der Waals surface area contributed by atoms with Crippen LogP contribution in [-0.2, 0) is 9.53 Å². The summed E-state index contributed by atoms with van der Waals surface area (Å²) in [7, 11) is 0. The van der Waals surface area contributed by atoms with E-state index >= 15 is 0 Å². The van der Waals surface area contributed by atoms with Crippen LogP contribution in [0.25, 0.3) is 0 Å². The van der Waals surface area contributed by atoms with E-state index in [1.165, 1.54) is 4.90 Å². The first-order valence-corrected chi connectivity index (χ1v) is 6.01. The van der Waals surface area contributed by atoms with E-state index in [0.29, 0.717) is 19.6 Å². The van der Waals surface area contributed by atoms with Gasteiger partial charge in [-0.2, -0.15) is 0 Å². The van der Waals surface area contributed by atoms with Gasteiger partial charge in [0.15, 0.2) is 0 Å². The predicted octanol–water partition coefficient (Wildman–Crippen LogP) is 0.422. The summed E-state index contributed by atoms with van der Waals surface area (Å²) >= 11 is 0. The number of ether oxygens (including phenoxy) is 1. The van der Waals surface area contributed by atoms with Gasteiger partial charge in [0.2, 0.25) is 0 Å². The molecule has 6 nitrogen and oxygen atoms in total. The second-order valence-electron chi connectivity index (χ2n) is 4.61. The Hall–Kier alpha value is -1.30. The zero-order valence-corrected chi connectivity index (χ0v) is 9.89. The van der Waals surface area contributed by atoms with Crippen molar-refractivity contribution in [3.63, 3.8) is 0 Å². The number of rotatable bonds is 2. The quantitative estimate of drug-likeness (QED) is 0.735. The molecule has 2 heterocycles. The molecule has 0 aliphatic carbocycles. The van der Waals surface area contributed by atoms with Gasteiger partial charge in [-0.25, -0.2) is 9.59 Å². The second kappa shape index (κ2) is 4.91. The largest absolute Gasteiger partial charge is 0.480 e. The minimum Gasteiger partial charge on any atom is -0.480 e. The summed E-state index contributed by atoms with van der Waals surface area (Å²) in [5, 5.41) is 11.9. The number of carbonyl (C=O) groups is 2. The van der Waals surface area contributed by atoms with Crippen molar-refractivity contribution in [1.82, 2.24) is 10.2 Å². The molecule has 0 radical (unpaired) electrons. The zero-order valence-electron chi connectivity index (χ0n) is 9.89. The highest BCUT2D eigenvalue weighted by atomic mass is 16.5. The van der Waals surface area contributed by atoms with Crippen LogP contribution < -0.4 is 5.32 Å². The highest BCUT2D eigenvalue weighted by Gasteiger charge is 2.36. The molecule has 0 aromatic carbocycles. The number of likely N-dealkylation sites (tertiary alicyclic amines) is 1. The maximum absolute atomic E-state index is 12.0. The highest BCUT2D eigenvalue weighted by Crippen LogP contribution is 2.19. The zero-order chi connectivity index (χ0) is 12.4. The standard InChI is InChI=1S/C11H18N2O4/c1-7-8(4-6-17-7)12-11(16)13-5-2-3-9(13)10(14)15/h7-9H,2-6H2,1H3,(H,12,16)(H,14,15). The highest BCUT2D eigenvalue weighted by molar-refractivity contribution is 5.83. The molecule has 3 unspecified atom stereocenters. The number of hydrogen-bond donors (Lipinski definition) is 2. The van der Waals surface area contributed by atoms with Crippen molar-refractivity contribution < 1.29 is 19.4 Å². The third-order valence-electron chi connectivity index (χ3n) is 3.48. The maximum atomic E-state index is 12.0. The van der Waals surface area contributed by atoms with Crippen molar-refractivity contribution in [2.75, 3.05) is 13.2 Å². The van der Waals surface area contributed by atoms with Crippen LogP contribution in [0.2, 0.25) is 0 Å². The van der Waals surface area contributed by atoms with Gasteiger partial charge in [-0.1, -0.05) is 0 Å². The fourth-order valence-electron chi connectivity index (χ4n) is 2.43. The van der Waals surface area contributed by atoms with Crippen molar-refractivity contribution >= 4 is 12.0 Å². The summed E-state index contributed by atoms with van der Waals surface area (Å²) in [6.45, 7) is 3.08. The molecular formula is C11H18N2O4. The lowest BCUT2D eigenvalue weighted by Crippen LogP contribution is -2.50. The Balaban J connectivity index is 1.93. The van der Waals surface area contributed by atoms with Gasteiger partial charge >= 0.3 is 12.0 Å². The molecule has 2 N–H and O–H groups in total. The van der Waals surface area contributed by atoms with E-state index in [1.54, 1.807) is 0 Å². The minimum atomic E-state index is -0.923. The smallest absolute Gasteiger partial charge is 0.326 e. The number of carboxylic acids is 1. The van der Waals surface area contributed by atoms with Gasteiger partial charge in [0.25, 0.3) is 0 Å². The van der Waals surface area contributed by atoms with E-state index in [1.807, 2.05) is 6.92 Å². The minimum absolute atomic E-state index is 0.00227. The number of urea groups is 1. The number of hydrogen-bond acceptors (Lipinski definition) is 3. The Morgan fingerprint density at radius 3 is 2.76 bits per heavy atom. The summed E-state index contributed by atoms with van der Waals surface area (Å²) in [6.07, 6.45) is 2.09. The van der Waals surface area contributed by atoms with Gasteiger partial charge in [0, 0.05) is 13.2 Å². The molecule has 96 valence electrons. The lowest BCUT2D eigenvalue weighted by atomic mass is 10.1. The number of nitrogens with zero attached hydrogens (tertiary/aromatic N) is 1.